The van der Waals surface area contributed by atoms with E-state index in [4.69, 9.17) is 10.2 Å². The van der Waals surface area contributed by atoms with Crippen LogP contribution in [0.3, 0.4) is 0 Å². The summed E-state index contributed by atoms with van der Waals surface area (Å²) >= 11 is 0. The molecule has 0 fully saturated rings. The summed E-state index contributed by atoms with van der Waals surface area (Å²) in [5, 5.41) is 19.7. The van der Waals surface area contributed by atoms with Gasteiger partial charge in [-0.05, 0) is 12.3 Å². The van der Waals surface area contributed by atoms with Crippen LogP contribution in [0.15, 0.2) is 0 Å². The smallest absolute Gasteiger partial charge is 0.326 e. The Hall–Kier alpha value is -1.10. The zero-order valence-electron chi connectivity index (χ0n) is 9.19. The summed E-state index contributed by atoms with van der Waals surface area (Å²) in [4.78, 5) is 21.9. The first-order valence-corrected chi connectivity index (χ1v) is 5.10. The Labute approximate surface area is 89.5 Å². The predicted octanol–water partition coefficient (Wildman–Crippen LogP) is 0.374. The van der Waals surface area contributed by atoms with E-state index < -0.39 is 12.0 Å². The molecule has 0 unspecified atom stereocenters. The highest BCUT2D eigenvalue weighted by Gasteiger charge is 2.18. The van der Waals surface area contributed by atoms with E-state index in [-0.39, 0.29) is 18.9 Å². The van der Waals surface area contributed by atoms with Crippen molar-refractivity contribution in [3.05, 3.63) is 0 Å². The summed E-state index contributed by atoms with van der Waals surface area (Å²) in [7, 11) is 0. The number of aliphatic carboxylic acids is 1. The van der Waals surface area contributed by atoms with Gasteiger partial charge in [0.15, 0.2) is 0 Å². The molecule has 0 rings (SSSR count). The van der Waals surface area contributed by atoms with Crippen molar-refractivity contribution in [2.45, 2.75) is 39.2 Å². The molecule has 0 radical (unpaired) electrons. The Morgan fingerprint density at radius 3 is 2.27 bits per heavy atom. The zero-order valence-corrected chi connectivity index (χ0v) is 9.19. The Morgan fingerprint density at radius 1 is 1.27 bits per heavy atom. The summed E-state index contributed by atoms with van der Waals surface area (Å²) in [6, 6.07) is -0.977. The third-order valence-electron chi connectivity index (χ3n) is 2.00. The molecule has 0 aliphatic carbocycles. The van der Waals surface area contributed by atoms with E-state index >= 15 is 0 Å². The highest BCUT2D eigenvalue weighted by molar-refractivity contribution is 5.83. The summed E-state index contributed by atoms with van der Waals surface area (Å²) in [5.41, 5.74) is 0. The van der Waals surface area contributed by atoms with E-state index in [1.165, 1.54) is 0 Å². The Morgan fingerprint density at radius 2 is 1.87 bits per heavy atom. The topological polar surface area (TPSA) is 86.6 Å². The van der Waals surface area contributed by atoms with Gasteiger partial charge in [0.25, 0.3) is 0 Å². The molecule has 0 saturated carbocycles. The van der Waals surface area contributed by atoms with Crippen LogP contribution in [0.2, 0.25) is 0 Å². The van der Waals surface area contributed by atoms with Gasteiger partial charge >= 0.3 is 5.97 Å². The minimum Gasteiger partial charge on any atom is -0.480 e. The fourth-order valence-corrected chi connectivity index (χ4v) is 1.07. The monoisotopic (exact) mass is 217 g/mol. The van der Waals surface area contributed by atoms with Crippen molar-refractivity contribution in [2.75, 3.05) is 6.61 Å². The first-order valence-electron chi connectivity index (χ1n) is 5.10. The van der Waals surface area contributed by atoms with Crippen LogP contribution in [0.4, 0.5) is 0 Å². The molecule has 0 bridgehead atoms. The molecular weight excluding hydrogens is 198 g/mol. The summed E-state index contributed by atoms with van der Waals surface area (Å²) < 4.78 is 0. The molecule has 0 aromatic rings. The average molecular weight is 217 g/mol. The Kier molecular flexibility index (Phi) is 6.70. The average Bonchev–Trinajstić information content (AvgIpc) is 2.14. The van der Waals surface area contributed by atoms with Crippen molar-refractivity contribution < 1.29 is 19.8 Å². The molecule has 5 nitrogen and oxygen atoms in total. The Balaban J connectivity index is 3.94. The summed E-state index contributed by atoms with van der Waals surface area (Å²) in [5.74, 6) is -0.969. The zero-order chi connectivity index (χ0) is 11.8. The highest BCUT2D eigenvalue weighted by atomic mass is 16.4. The molecule has 1 amide bonds. The van der Waals surface area contributed by atoms with E-state index in [1.807, 2.05) is 13.8 Å². The van der Waals surface area contributed by atoms with Crippen LogP contribution >= 0.6 is 0 Å². The number of aliphatic hydroxyl groups is 1. The third-order valence-corrected chi connectivity index (χ3v) is 2.00. The molecule has 0 aliphatic rings. The normalized spacial score (nSPS) is 12.5. The molecule has 15 heavy (non-hydrogen) atoms. The van der Waals surface area contributed by atoms with Crippen molar-refractivity contribution in [1.29, 1.82) is 0 Å². The second-order valence-electron chi connectivity index (χ2n) is 3.90. The van der Waals surface area contributed by atoms with Gasteiger partial charge in [-0.15, -0.1) is 0 Å². The SMILES string of the molecule is CC(C)CCC(=O)N[C@@H](CCO)C(=O)O. The molecule has 5 heteroatoms. The van der Waals surface area contributed by atoms with Crippen molar-refractivity contribution >= 4 is 11.9 Å². The summed E-state index contributed by atoms with van der Waals surface area (Å²) in [6.45, 7) is 3.74. The number of carboxylic acids is 1. The number of hydrogen-bond donors (Lipinski definition) is 3. The number of carbonyl (C=O) groups excluding carboxylic acids is 1. The van der Waals surface area contributed by atoms with Gasteiger partial charge in [-0.3, -0.25) is 4.79 Å². The van der Waals surface area contributed by atoms with Gasteiger partial charge in [0, 0.05) is 19.4 Å². The molecular formula is C10H19NO4. The lowest BCUT2D eigenvalue weighted by Gasteiger charge is -2.13. The second-order valence-corrected chi connectivity index (χ2v) is 3.90. The molecule has 0 aromatic heterocycles. The van der Waals surface area contributed by atoms with E-state index in [1.54, 1.807) is 0 Å². The van der Waals surface area contributed by atoms with E-state index in [2.05, 4.69) is 5.32 Å². The Bertz CT molecular complexity index is 215. The molecule has 0 aliphatic heterocycles. The highest BCUT2D eigenvalue weighted by Crippen LogP contribution is 2.03. The third kappa shape index (κ3) is 6.90. The maximum absolute atomic E-state index is 11.3. The number of nitrogens with one attached hydrogen (secondary N) is 1. The predicted molar refractivity (Wildman–Crippen MR) is 55.3 cm³/mol. The number of rotatable bonds is 7. The second kappa shape index (κ2) is 7.23. The van der Waals surface area contributed by atoms with Crippen LogP contribution < -0.4 is 5.32 Å². The van der Waals surface area contributed by atoms with Gasteiger partial charge in [-0.25, -0.2) is 4.79 Å². The van der Waals surface area contributed by atoms with Gasteiger partial charge in [-0.2, -0.15) is 0 Å². The molecule has 3 N–H and O–H groups in total. The lowest BCUT2D eigenvalue weighted by atomic mass is 10.1. The first kappa shape index (κ1) is 13.9. The maximum Gasteiger partial charge on any atom is 0.326 e. The van der Waals surface area contributed by atoms with Crippen LogP contribution in [0.1, 0.15) is 33.1 Å². The van der Waals surface area contributed by atoms with Crippen molar-refractivity contribution in [1.82, 2.24) is 5.32 Å². The minimum absolute atomic E-state index is 0.0444. The van der Waals surface area contributed by atoms with E-state index in [9.17, 15) is 9.59 Å². The largest absolute Gasteiger partial charge is 0.480 e. The van der Waals surface area contributed by atoms with Crippen LogP contribution in [0.25, 0.3) is 0 Å². The number of carboxylic acid groups (broad SMARTS) is 1. The maximum atomic E-state index is 11.3. The first-order chi connectivity index (χ1) is 6.97. The molecule has 0 spiro atoms. The van der Waals surface area contributed by atoms with Gasteiger partial charge in [0.05, 0.1) is 0 Å². The minimum atomic E-state index is -1.11. The van der Waals surface area contributed by atoms with Crippen LogP contribution in [-0.2, 0) is 9.59 Å². The lowest BCUT2D eigenvalue weighted by Crippen LogP contribution is -2.41. The van der Waals surface area contributed by atoms with Crippen molar-refractivity contribution in [2.24, 2.45) is 5.92 Å². The quantitative estimate of drug-likeness (QED) is 0.575. The standard InChI is InChI=1S/C10H19NO4/c1-7(2)3-4-9(13)11-8(5-6-12)10(14)15/h7-8,12H,3-6H2,1-2H3,(H,11,13)(H,14,15)/t8-/m0/s1. The van der Waals surface area contributed by atoms with Crippen molar-refractivity contribution in [3.63, 3.8) is 0 Å². The van der Waals surface area contributed by atoms with Crippen LogP contribution in [0, 0.1) is 5.92 Å². The number of carbonyl (C=O) groups is 2. The molecule has 1 atom stereocenters. The molecule has 0 aromatic carbocycles. The van der Waals surface area contributed by atoms with E-state index in [0.29, 0.717) is 12.3 Å². The molecule has 0 saturated heterocycles. The van der Waals surface area contributed by atoms with Crippen LogP contribution in [-0.4, -0.2) is 34.7 Å². The van der Waals surface area contributed by atoms with Gasteiger partial charge < -0.3 is 15.5 Å². The molecule has 0 heterocycles. The molecule has 88 valence electrons. The lowest BCUT2D eigenvalue weighted by molar-refractivity contribution is -0.142. The fourth-order valence-electron chi connectivity index (χ4n) is 1.07. The van der Waals surface area contributed by atoms with E-state index in [0.717, 1.165) is 6.42 Å². The number of amides is 1. The fraction of sp³-hybridized carbons (Fsp3) is 0.800. The number of hydrogen-bond acceptors (Lipinski definition) is 3. The van der Waals surface area contributed by atoms with Gasteiger partial charge in [-0.1, -0.05) is 13.8 Å². The van der Waals surface area contributed by atoms with Crippen LogP contribution in [0.5, 0.6) is 0 Å². The van der Waals surface area contributed by atoms with Gasteiger partial charge in [0.1, 0.15) is 6.04 Å². The van der Waals surface area contributed by atoms with Gasteiger partial charge in [0.2, 0.25) is 5.91 Å². The van der Waals surface area contributed by atoms with Crippen molar-refractivity contribution in [3.8, 4) is 0 Å². The number of aliphatic hydroxyl groups excluding tert-OH is 1. The summed E-state index contributed by atoms with van der Waals surface area (Å²) in [6.07, 6.45) is 1.10.